The predicted octanol–water partition coefficient (Wildman–Crippen LogP) is 3.83. The van der Waals surface area contributed by atoms with Gasteiger partial charge < -0.3 is 15.4 Å². The van der Waals surface area contributed by atoms with Gasteiger partial charge in [0.05, 0.1) is 12.5 Å². The summed E-state index contributed by atoms with van der Waals surface area (Å²) < 4.78 is 5.37. The minimum atomic E-state index is -0.172. The third kappa shape index (κ3) is 4.13. The van der Waals surface area contributed by atoms with Crippen LogP contribution in [0.4, 0.5) is 11.4 Å². The predicted molar refractivity (Wildman–Crippen MR) is 102 cm³/mol. The largest absolute Gasteiger partial charge is 0.466 e. The van der Waals surface area contributed by atoms with Crippen molar-refractivity contribution in [3.8, 4) is 0 Å². The van der Waals surface area contributed by atoms with Crippen LogP contribution in [-0.2, 0) is 9.53 Å². The van der Waals surface area contributed by atoms with Crippen molar-refractivity contribution in [1.82, 2.24) is 0 Å². The van der Waals surface area contributed by atoms with Gasteiger partial charge in [0.25, 0.3) is 0 Å². The molecule has 4 nitrogen and oxygen atoms in total. The summed E-state index contributed by atoms with van der Waals surface area (Å²) in [7, 11) is 0. The average molecular weight is 338 g/mol. The van der Waals surface area contributed by atoms with Gasteiger partial charge in [0.2, 0.25) is 0 Å². The van der Waals surface area contributed by atoms with Crippen molar-refractivity contribution in [3.63, 3.8) is 0 Å². The van der Waals surface area contributed by atoms with Gasteiger partial charge in [-0.25, -0.2) is 0 Å². The lowest BCUT2D eigenvalue weighted by Crippen LogP contribution is -2.37. The Morgan fingerprint density at radius 1 is 1.12 bits per heavy atom. The van der Waals surface area contributed by atoms with Gasteiger partial charge in [0.1, 0.15) is 0 Å². The Kier molecular flexibility index (Phi) is 5.59. The Balaban J connectivity index is 1.71. The molecule has 0 aliphatic carbocycles. The topological polar surface area (TPSA) is 55.6 Å². The summed E-state index contributed by atoms with van der Waals surface area (Å²) >= 11 is 0. The van der Waals surface area contributed by atoms with Gasteiger partial charge in [-0.1, -0.05) is 30.3 Å². The summed E-state index contributed by atoms with van der Waals surface area (Å²) in [6.45, 7) is 4.17. The smallest absolute Gasteiger partial charge is 0.313 e. The van der Waals surface area contributed by atoms with Crippen LogP contribution in [0.5, 0.6) is 0 Å². The first kappa shape index (κ1) is 17.3. The maximum absolute atomic E-state index is 12.6. The number of carbonyl (C=O) groups is 1. The highest BCUT2D eigenvalue weighted by Crippen LogP contribution is 2.35. The number of carbonyl (C=O) groups excluding carboxylic acids is 1. The molecule has 2 aromatic carbocycles. The summed E-state index contributed by atoms with van der Waals surface area (Å²) in [5.74, 6) is 0.0424. The van der Waals surface area contributed by atoms with Crippen molar-refractivity contribution < 1.29 is 9.53 Å². The molecule has 0 amide bonds. The zero-order valence-corrected chi connectivity index (χ0v) is 14.7. The highest BCUT2D eigenvalue weighted by atomic mass is 16.5. The lowest BCUT2D eigenvalue weighted by molar-refractivity contribution is -0.146. The van der Waals surface area contributed by atoms with Gasteiger partial charge in [-0.05, 0) is 55.5 Å². The van der Waals surface area contributed by atoms with E-state index in [0.717, 1.165) is 37.2 Å². The third-order valence-electron chi connectivity index (χ3n) is 4.97. The quantitative estimate of drug-likeness (QED) is 0.665. The van der Waals surface area contributed by atoms with Crippen LogP contribution >= 0.6 is 0 Å². The van der Waals surface area contributed by atoms with E-state index < -0.39 is 0 Å². The summed E-state index contributed by atoms with van der Waals surface area (Å²) in [5, 5.41) is 0. The fourth-order valence-electron chi connectivity index (χ4n) is 3.67. The Bertz CT molecular complexity index is 677. The maximum atomic E-state index is 12.6. The van der Waals surface area contributed by atoms with Crippen LogP contribution in [0.1, 0.15) is 31.2 Å². The van der Waals surface area contributed by atoms with Crippen LogP contribution in [0, 0.1) is 5.92 Å². The third-order valence-corrected chi connectivity index (χ3v) is 4.97. The van der Waals surface area contributed by atoms with Gasteiger partial charge in [0.15, 0.2) is 0 Å². The molecule has 25 heavy (non-hydrogen) atoms. The van der Waals surface area contributed by atoms with Crippen LogP contribution in [0.15, 0.2) is 54.6 Å². The molecule has 0 spiro atoms. The summed E-state index contributed by atoms with van der Waals surface area (Å²) in [4.78, 5) is 14.9. The molecule has 0 radical (unpaired) electrons. The minimum Gasteiger partial charge on any atom is -0.466 e. The second kappa shape index (κ2) is 8.06. The van der Waals surface area contributed by atoms with Crippen molar-refractivity contribution in [2.24, 2.45) is 5.92 Å². The molecule has 1 aliphatic heterocycles. The molecule has 1 fully saturated rings. The first-order chi connectivity index (χ1) is 12.2. The monoisotopic (exact) mass is 338 g/mol. The van der Waals surface area contributed by atoms with Gasteiger partial charge in [-0.2, -0.15) is 0 Å². The zero-order valence-electron chi connectivity index (χ0n) is 14.7. The number of rotatable bonds is 5. The molecule has 0 aromatic heterocycles. The first-order valence-electron chi connectivity index (χ1n) is 9.01. The van der Waals surface area contributed by atoms with E-state index >= 15 is 0 Å². The highest BCUT2D eigenvalue weighted by Gasteiger charge is 2.33. The van der Waals surface area contributed by atoms with E-state index in [2.05, 4.69) is 17.0 Å². The van der Waals surface area contributed by atoms with Crippen LogP contribution < -0.4 is 10.6 Å². The van der Waals surface area contributed by atoms with E-state index in [1.54, 1.807) is 0 Å². The molecule has 132 valence electrons. The van der Waals surface area contributed by atoms with E-state index in [9.17, 15) is 4.79 Å². The standard InChI is InChI=1S/C21H26N2O2/c1-2-25-21(24)20(16-6-4-3-5-7-16)17-12-14-23(15-13-17)19-10-8-18(22)9-11-19/h3-11,17,20H,2,12-15,22H2,1H3. The van der Waals surface area contributed by atoms with Crippen molar-refractivity contribution in [2.75, 3.05) is 30.3 Å². The van der Waals surface area contributed by atoms with Crippen LogP contribution in [-0.4, -0.2) is 25.7 Å². The van der Waals surface area contributed by atoms with Gasteiger partial charge >= 0.3 is 5.97 Å². The molecular formula is C21H26N2O2. The van der Waals surface area contributed by atoms with E-state index in [4.69, 9.17) is 10.5 Å². The van der Waals surface area contributed by atoms with Crippen LogP contribution in [0.25, 0.3) is 0 Å². The molecule has 3 rings (SSSR count). The number of hydrogen-bond acceptors (Lipinski definition) is 4. The van der Waals surface area contributed by atoms with Gasteiger partial charge in [0, 0.05) is 24.5 Å². The fourth-order valence-corrected chi connectivity index (χ4v) is 3.67. The first-order valence-corrected chi connectivity index (χ1v) is 9.01. The number of nitrogen functional groups attached to an aromatic ring is 1. The van der Waals surface area contributed by atoms with E-state index in [1.165, 1.54) is 5.69 Å². The summed E-state index contributed by atoms with van der Waals surface area (Å²) in [6.07, 6.45) is 1.95. The van der Waals surface area contributed by atoms with E-state index in [1.807, 2.05) is 49.4 Å². The SMILES string of the molecule is CCOC(=O)C(c1ccccc1)C1CCN(c2ccc(N)cc2)CC1. The molecule has 1 atom stereocenters. The number of nitrogens with zero attached hydrogens (tertiary/aromatic N) is 1. The highest BCUT2D eigenvalue weighted by molar-refractivity contribution is 5.78. The molecule has 0 saturated carbocycles. The lowest BCUT2D eigenvalue weighted by atomic mass is 9.80. The van der Waals surface area contributed by atoms with Crippen LogP contribution in [0.2, 0.25) is 0 Å². The Morgan fingerprint density at radius 2 is 1.76 bits per heavy atom. The normalized spacial score (nSPS) is 16.4. The molecule has 2 N–H and O–H groups in total. The number of hydrogen-bond donors (Lipinski definition) is 1. The molecule has 0 bridgehead atoms. The minimum absolute atomic E-state index is 0.0976. The second-order valence-corrected chi connectivity index (χ2v) is 6.56. The Hall–Kier alpha value is -2.49. The van der Waals surface area contributed by atoms with Crippen molar-refractivity contribution in [2.45, 2.75) is 25.7 Å². The number of ether oxygens (including phenoxy) is 1. The van der Waals surface area contributed by atoms with Crippen molar-refractivity contribution in [3.05, 3.63) is 60.2 Å². The number of anilines is 2. The van der Waals surface area contributed by atoms with E-state index in [-0.39, 0.29) is 11.9 Å². The molecule has 1 unspecified atom stereocenters. The molecular weight excluding hydrogens is 312 g/mol. The lowest BCUT2D eigenvalue weighted by Gasteiger charge is -2.36. The summed E-state index contributed by atoms with van der Waals surface area (Å²) in [6, 6.07) is 18.0. The number of benzene rings is 2. The molecule has 2 aromatic rings. The Morgan fingerprint density at radius 3 is 2.36 bits per heavy atom. The molecule has 1 heterocycles. The van der Waals surface area contributed by atoms with E-state index in [0.29, 0.717) is 12.5 Å². The molecule has 1 saturated heterocycles. The van der Waals surface area contributed by atoms with Crippen molar-refractivity contribution >= 4 is 17.3 Å². The summed E-state index contributed by atoms with van der Waals surface area (Å²) in [5.41, 5.74) is 8.81. The fraction of sp³-hybridized carbons (Fsp3) is 0.381. The number of nitrogens with two attached hydrogens (primary N) is 1. The van der Waals surface area contributed by atoms with Crippen molar-refractivity contribution in [1.29, 1.82) is 0 Å². The molecule has 1 aliphatic rings. The Labute approximate surface area is 149 Å². The van der Waals surface area contributed by atoms with Crippen LogP contribution in [0.3, 0.4) is 0 Å². The van der Waals surface area contributed by atoms with Gasteiger partial charge in [-0.15, -0.1) is 0 Å². The molecule has 4 heteroatoms. The van der Waals surface area contributed by atoms with Gasteiger partial charge in [-0.3, -0.25) is 4.79 Å². The second-order valence-electron chi connectivity index (χ2n) is 6.56. The maximum Gasteiger partial charge on any atom is 0.313 e. The number of piperidine rings is 1. The zero-order chi connectivity index (χ0) is 17.6. The average Bonchev–Trinajstić information content (AvgIpc) is 2.64. The number of esters is 1.